The third-order valence-corrected chi connectivity index (χ3v) is 4.68. The van der Waals surface area contributed by atoms with Crippen LogP contribution in [-0.4, -0.2) is 25.2 Å². The molecular formula is C16H14ClN3O3S. The number of halogens is 1. The molecule has 1 heterocycles. The SMILES string of the molecule is COc1ccc(NC(=O)Nc2nc3c(OC)ccc(Cl)c3s2)cc1. The number of ether oxygens (including phenoxy) is 2. The molecule has 1 aromatic heterocycles. The molecule has 0 saturated carbocycles. The van der Waals surface area contributed by atoms with Gasteiger partial charge in [0.25, 0.3) is 0 Å². The molecule has 0 aliphatic heterocycles. The van der Waals surface area contributed by atoms with Gasteiger partial charge in [-0.25, -0.2) is 9.78 Å². The van der Waals surface area contributed by atoms with Gasteiger partial charge >= 0.3 is 6.03 Å². The van der Waals surface area contributed by atoms with Crippen molar-refractivity contribution in [2.75, 3.05) is 24.9 Å². The van der Waals surface area contributed by atoms with E-state index in [4.69, 9.17) is 21.1 Å². The number of nitrogens with one attached hydrogen (secondary N) is 2. The molecule has 124 valence electrons. The number of hydrogen-bond acceptors (Lipinski definition) is 5. The second-order valence-electron chi connectivity index (χ2n) is 4.75. The van der Waals surface area contributed by atoms with Crippen LogP contribution in [0.1, 0.15) is 0 Å². The van der Waals surface area contributed by atoms with Gasteiger partial charge in [-0.1, -0.05) is 22.9 Å². The third-order valence-electron chi connectivity index (χ3n) is 3.25. The number of hydrogen-bond donors (Lipinski definition) is 2. The molecule has 0 fully saturated rings. The summed E-state index contributed by atoms with van der Waals surface area (Å²) in [4.78, 5) is 16.5. The number of amides is 2. The van der Waals surface area contributed by atoms with Gasteiger partial charge in [0.2, 0.25) is 0 Å². The van der Waals surface area contributed by atoms with Crippen LogP contribution in [0.2, 0.25) is 5.02 Å². The van der Waals surface area contributed by atoms with E-state index >= 15 is 0 Å². The predicted molar refractivity (Wildman–Crippen MR) is 96.8 cm³/mol. The maximum Gasteiger partial charge on any atom is 0.325 e. The van der Waals surface area contributed by atoms with E-state index in [1.54, 1.807) is 50.6 Å². The van der Waals surface area contributed by atoms with Gasteiger partial charge in [-0.05, 0) is 36.4 Å². The molecule has 3 rings (SSSR count). The normalized spacial score (nSPS) is 10.5. The highest BCUT2D eigenvalue weighted by Gasteiger charge is 2.14. The maximum atomic E-state index is 12.1. The molecular weight excluding hydrogens is 350 g/mol. The first kappa shape index (κ1) is 16.4. The molecule has 3 aromatic rings. The fourth-order valence-electron chi connectivity index (χ4n) is 2.10. The Bertz CT molecular complexity index is 880. The molecule has 8 heteroatoms. The summed E-state index contributed by atoms with van der Waals surface area (Å²) in [5, 5.41) is 6.42. The van der Waals surface area contributed by atoms with Gasteiger partial charge in [-0.15, -0.1) is 0 Å². The standard InChI is InChI=1S/C16H14ClN3O3S/c1-22-10-5-3-9(4-6-10)18-15(21)20-16-19-13-12(23-2)8-7-11(17)14(13)24-16/h3-8H,1-2H3,(H2,18,19,20,21). The fraction of sp³-hybridized carbons (Fsp3) is 0.125. The zero-order valence-electron chi connectivity index (χ0n) is 12.9. The van der Waals surface area contributed by atoms with Crippen molar-refractivity contribution in [3.63, 3.8) is 0 Å². The van der Waals surface area contributed by atoms with E-state index in [1.165, 1.54) is 11.3 Å². The Morgan fingerprint density at radius 2 is 1.83 bits per heavy atom. The van der Waals surface area contributed by atoms with Crippen LogP contribution < -0.4 is 20.1 Å². The summed E-state index contributed by atoms with van der Waals surface area (Å²) < 4.78 is 11.1. The Hall–Kier alpha value is -2.51. The molecule has 2 aromatic carbocycles. The highest BCUT2D eigenvalue weighted by atomic mass is 35.5. The van der Waals surface area contributed by atoms with E-state index in [2.05, 4.69) is 15.6 Å². The minimum absolute atomic E-state index is 0.394. The van der Waals surface area contributed by atoms with E-state index in [9.17, 15) is 4.79 Å². The van der Waals surface area contributed by atoms with E-state index in [1.807, 2.05) is 0 Å². The number of thiazole rings is 1. The van der Waals surface area contributed by atoms with Gasteiger partial charge in [0.05, 0.1) is 23.9 Å². The van der Waals surface area contributed by atoms with Crippen molar-refractivity contribution in [2.45, 2.75) is 0 Å². The second-order valence-corrected chi connectivity index (χ2v) is 6.16. The summed E-state index contributed by atoms with van der Waals surface area (Å²) in [7, 11) is 3.15. The number of methoxy groups -OCH3 is 2. The average Bonchev–Trinajstić information content (AvgIpc) is 3.00. The third kappa shape index (κ3) is 3.37. The summed E-state index contributed by atoms with van der Waals surface area (Å²) in [6, 6.07) is 10.1. The number of urea groups is 1. The largest absolute Gasteiger partial charge is 0.497 e. The van der Waals surface area contributed by atoms with Crippen LogP contribution in [0.3, 0.4) is 0 Å². The van der Waals surface area contributed by atoms with Gasteiger partial charge in [0.1, 0.15) is 17.0 Å². The summed E-state index contributed by atoms with van der Waals surface area (Å²) in [6.07, 6.45) is 0. The molecule has 2 N–H and O–H groups in total. The Morgan fingerprint density at radius 3 is 2.50 bits per heavy atom. The van der Waals surface area contributed by atoms with Crippen molar-refractivity contribution in [3.8, 4) is 11.5 Å². The van der Waals surface area contributed by atoms with Crippen LogP contribution in [0.15, 0.2) is 36.4 Å². The molecule has 0 spiro atoms. The zero-order chi connectivity index (χ0) is 17.1. The van der Waals surface area contributed by atoms with Crippen molar-refractivity contribution in [3.05, 3.63) is 41.4 Å². The Labute approximate surface area is 147 Å². The van der Waals surface area contributed by atoms with E-state index in [0.717, 1.165) is 4.70 Å². The lowest BCUT2D eigenvalue weighted by atomic mass is 10.3. The highest BCUT2D eigenvalue weighted by Crippen LogP contribution is 2.37. The van der Waals surface area contributed by atoms with E-state index in [-0.39, 0.29) is 0 Å². The molecule has 2 amide bonds. The molecule has 0 aliphatic rings. The Balaban J connectivity index is 1.76. The molecule has 0 bridgehead atoms. The first-order chi connectivity index (χ1) is 11.6. The number of carbonyl (C=O) groups is 1. The van der Waals surface area contributed by atoms with Crippen LogP contribution in [0.4, 0.5) is 15.6 Å². The lowest BCUT2D eigenvalue weighted by Crippen LogP contribution is -2.19. The van der Waals surface area contributed by atoms with Crippen molar-refractivity contribution in [1.29, 1.82) is 0 Å². The van der Waals surface area contributed by atoms with Crippen molar-refractivity contribution in [2.24, 2.45) is 0 Å². The van der Waals surface area contributed by atoms with Crippen LogP contribution in [0.25, 0.3) is 10.2 Å². The van der Waals surface area contributed by atoms with Crippen LogP contribution in [0.5, 0.6) is 11.5 Å². The first-order valence-corrected chi connectivity index (χ1v) is 8.15. The monoisotopic (exact) mass is 363 g/mol. The van der Waals surface area contributed by atoms with Crippen LogP contribution in [-0.2, 0) is 0 Å². The van der Waals surface area contributed by atoms with Crippen molar-refractivity contribution >= 4 is 50.0 Å². The zero-order valence-corrected chi connectivity index (χ0v) is 14.5. The summed E-state index contributed by atoms with van der Waals surface area (Å²) in [5.74, 6) is 1.32. The summed E-state index contributed by atoms with van der Waals surface area (Å²) >= 11 is 7.45. The molecule has 0 radical (unpaired) electrons. The minimum Gasteiger partial charge on any atom is -0.497 e. The molecule has 6 nitrogen and oxygen atoms in total. The average molecular weight is 364 g/mol. The number of benzene rings is 2. The lowest BCUT2D eigenvalue weighted by Gasteiger charge is -2.06. The number of nitrogens with zero attached hydrogens (tertiary/aromatic N) is 1. The number of fused-ring (bicyclic) bond motifs is 1. The van der Waals surface area contributed by atoms with E-state index < -0.39 is 6.03 Å². The number of anilines is 2. The molecule has 0 aliphatic carbocycles. The summed E-state index contributed by atoms with van der Waals surface area (Å²) in [5.41, 5.74) is 1.26. The van der Waals surface area contributed by atoms with Gasteiger partial charge in [0.15, 0.2) is 5.13 Å². The van der Waals surface area contributed by atoms with Crippen LogP contribution in [0, 0.1) is 0 Å². The molecule has 0 atom stereocenters. The van der Waals surface area contributed by atoms with Gasteiger partial charge in [0, 0.05) is 5.69 Å². The minimum atomic E-state index is -0.394. The molecule has 0 unspecified atom stereocenters. The van der Waals surface area contributed by atoms with Crippen molar-refractivity contribution in [1.82, 2.24) is 4.98 Å². The number of rotatable bonds is 4. The van der Waals surface area contributed by atoms with E-state index in [0.29, 0.717) is 32.9 Å². The van der Waals surface area contributed by atoms with Gasteiger partial charge in [-0.2, -0.15) is 0 Å². The first-order valence-electron chi connectivity index (χ1n) is 6.96. The maximum absolute atomic E-state index is 12.1. The second kappa shape index (κ2) is 6.94. The molecule has 24 heavy (non-hydrogen) atoms. The van der Waals surface area contributed by atoms with Gasteiger partial charge in [-0.3, -0.25) is 5.32 Å². The quantitative estimate of drug-likeness (QED) is 0.709. The number of aromatic nitrogens is 1. The predicted octanol–water partition coefficient (Wildman–Crippen LogP) is 4.61. The van der Waals surface area contributed by atoms with Crippen LogP contribution >= 0.6 is 22.9 Å². The summed E-state index contributed by atoms with van der Waals surface area (Å²) in [6.45, 7) is 0. The van der Waals surface area contributed by atoms with Crippen molar-refractivity contribution < 1.29 is 14.3 Å². The topological polar surface area (TPSA) is 72.5 Å². The smallest absolute Gasteiger partial charge is 0.325 e. The van der Waals surface area contributed by atoms with Gasteiger partial charge < -0.3 is 14.8 Å². The highest BCUT2D eigenvalue weighted by molar-refractivity contribution is 7.23. The fourth-order valence-corrected chi connectivity index (χ4v) is 3.26. The Kier molecular flexibility index (Phi) is 4.73. The molecule has 0 saturated heterocycles. The Morgan fingerprint density at radius 1 is 1.08 bits per heavy atom. The number of carbonyl (C=O) groups excluding carboxylic acids is 1. The lowest BCUT2D eigenvalue weighted by molar-refractivity contribution is 0.262.